The summed E-state index contributed by atoms with van der Waals surface area (Å²) < 4.78 is 97.2. The summed E-state index contributed by atoms with van der Waals surface area (Å²) in [5.74, 6) is -0.320. The Morgan fingerprint density at radius 2 is 0.653 bits per heavy atom. The molecule has 0 saturated carbocycles. The topological polar surface area (TPSA) is 111 Å². The number of amides is 4. The van der Waals surface area contributed by atoms with Crippen LogP contribution >= 0.6 is 0 Å². The van der Waals surface area contributed by atoms with Crippen LogP contribution in [0.4, 0.5) is 26.3 Å². The van der Waals surface area contributed by atoms with Gasteiger partial charge in [-0.1, -0.05) is 60.7 Å². The van der Waals surface area contributed by atoms with Crippen molar-refractivity contribution in [2.45, 2.75) is 17.8 Å². The predicted octanol–water partition coefficient (Wildman–Crippen LogP) is 7.08. The number of hydrogen-bond donors (Lipinski definition) is 2. The smallest absolute Gasteiger partial charge is 0.411 e. The zero-order valence-corrected chi connectivity index (χ0v) is 24.9. The molecule has 2 N–H and O–H groups in total. The Kier molecular flexibility index (Phi) is 11.0. The van der Waals surface area contributed by atoms with Gasteiger partial charge in [0.25, 0.3) is 23.6 Å². The molecule has 0 saturated heterocycles. The molecule has 6 rings (SSSR count). The van der Waals surface area contributed by atoms with E-state index < -0.39 is 28.9 Å². The molecule has 0 spiro atoms. The molecule has 49 heavy (non-hydrogen) atoms. The summed E-state index contributed by atoms with van der Waals surface area (Å²) in [5.41, 5.74) is -6.21. The van der Waals surface area contributed by atoms with E-state index in [4.69, 9.17) is 9.47 Å². The average molecular weight is 683 g/mol. The molecule has 4 aromatic rings. The first kappa shape index (κ1) is 35.7. The van der Waals surface area contributed by atoms with E-state index in [-0.39, 0.29) is 35.1 Å². The summed E-state index contributed by atoms with van der Waals surface area (Å²) in [4.78, 5) is 40.1. The maximum absolute atomic E-state index is 14.4. The first-order valence-electron chi connectivity index (χ1n) is 14.1. The number of carbonyl (C=O) groups excluding carboxylic acids is 4. The number of imide groups is 2. The van der Waals surface area contributed by atoms with Gasteiger partial charge in [-0.25, -0.2) is 0 Å². The summed E-state index contributed by atoms with van der Waals surface area (Å²) in [5, 5.41) is 4.06. The van der Waals surface area contributed by atoms with Crippen LogP contribution in [0.2, 0.25) is 0 Å². The summed E-state index contributed by atoms with van der Waals surface area (Å²) in [6.07, 6.45) is -6.58. The van der Waals surface area contributed by atoms with Gasteiger partial charge in [0, 0.05) is 24.3 Å². The molecule has 4 amide bonds. The van der Waals surface area contributed by atoms with Gasteiger partial charge in [0.1, 0.15) is 23.0 Å². The Labute approximate surface area is 274 Å². The number of rotatable bonds is 6. The van der Waals surface area contributed by atoms with Crippen LogP contribution in [-0.2, 0) is 24.6 Å². The molecule has 14 heteroatoms. The number of ether oxygens (including phenoxy) is 2. The third-order valence-corrected chi connectivity index (χ3v) is 6.65. The van der Waals surface area contributed by atoms with Crippen LogP contribution in [0.25, 0.3) is 0 Å². The molecule has 8 nitrogen and oxygen atoms in total. The van der Waals surface area contributed by atoms with Crippen LogP contribution in [-0.4, -0.2) is 36.0 Å². The molecule has 252 valence electrons. The highest BCUT2D eigenvalue weighted by Crippen LogP contribution is 2.56. The van der Waals surface area contributed by atoms with Crippen LogP contribution in [0, 0.1) is 0 Å². The molecule has 2 aliphatic rings. The van der Waals surface area contributed by atoms with Crippen LogP contribution in [0.3, 0.4) is 0 Å². The van der Waals surface area contributed by atoms with Gasteiger partial charge in [0.05, 0.1) is 0 Å². The Bertz CT molecular complexity index is 1670. The minimum Gasteiger partial charge on any atom is -0.457 e. The average Bonchev–Trinajstić information content (AvgIpc) is 3.63. The third-order valence-electron chi connectivity index (χ3n) is 6.65. The first-order valence-corrected chi connectivity index (χ1v) is 14.1. The van der Waals surface area contributed by atoms with E-state index >= 15 is 0 Å². The molecule has 0 aromatic heterocycles. The predicted molar refractivity (Wildman–Crippen MR) is 163 cm³/mol. The highest BCUT2D eigenvalue weighted by molar-refractivity contribution is 6.13. The second kappa shape index (κ2) is 15.2. The van der Waals surface area contributed by atoms with Crippen molar-refractivity contribution in [3.05, 3.63) is 145 Å². The van der Waals surface area contributed by atoms with Gasteiger partial charge < -0.3 is 9.47 Å². The Balaban J connectivity index is 0.000000317. The van der Waals surface area contributed by atoms with E-state index in [1.807, 2.05) is 10.6 Å². The number of hydrogen-bond acceptors (Lipinski definition) is 6. The molecular formula is C35H24F6N2O6. The highest BCUT2D eigenvalue weighted by Gasteiger charge is 2.72. The standard InChI is InChI=1S/C27H18F6O2.2C4H3NO2/c28-26(29,30)25(27(31,32)33,19-11-15-23(16-12-19)34-21-7-3-1-4-8-21)20-13-17-24(18-14-20)35-22-9-5-2-6-10-22;2*6-3-1-2-4(7)5-3/h1-18H;2*1-2H,(H,5,6,7). The number of benzene rings is 4. The van der Waals surface area contributed by atoms with E-state index in [1.54, 1.807) is 60.7 Å². The number of nitrogens with one attached hydrogen (secondary N) is 2. The second-order valence-corrected chi connectivity index (χ2v) is 10.00. The van der Waals surface area contributed by atoms with Crippen LogP contribution in [0.5, 0.6) is 23.0 Å². The van der Waals surface area contributed by atoms with E-state index in [9.17, 15) is 45.5 Å². The van der Waals surface area contributed by atoms with Gasteiger partial charge in [0.2, 0.25) is 5.41 Å². The molecule has 0 radical (unpaired) electrons. The fourth-order valence-corrected chi connectivity index (χ4v) is 4.49. The minimum atomic E-state index is -5.69. The molecule has 0 unspecified atom stereocenters. The lowest BCUT2D eigenvalue weighted by Crippen LogP contribution is -2.54. The minimum absolute atomic E-state index is 0.102. The van der Waals surface area contributed by atoms with Gasteiger partial charge in [0.15, 0.2) is 0 Å². The van der Waals surface area contributed by atoms with Gasteiger partial charge in [-0.05, 0) is 59.7 Å². The summed E-state index contributed by atoms with van der Waals surface area (Å²) in [7, 11) is 0. The molecular weight excluding hydrogens is 658 g/mol. The lowest BCUT2D eigenvalue weighted by molar-refractivity contribution is -0.288. The molecule has 0 aliphatic carbocycles. The number of alkyl halides is 6. The Morgan fingerprint density at radius 1 is 0.388 bits per heavy atom. The third kappa shape index (κ3) is 9.00. The normalized spacial score (nSPS) is 13.8. The van der Waals surface area contributed by atoms with Crippen molar-refractivity contribution in [1.82, 2.24) is 10.6 Å². The number of carbonyl (C=O) groups is 4. The lowest BCUT2D eigenvalue weighted by Gasteiger charge is -2.38. The van der Waals surface area contributed by atoms with Crippen molar-refractivity contribution in [3.8, 4) is 23.0 Å². The molecule has 4 aromatic carbocycles. The number of halogens is 6. The molecule has 0 bridgehead atoms. The van der Waals surface area contributed by atoms with Gasteiger partial charge in [-0.2, -0.15) is 26.3 Å². The summed E-state index contributed by atoms with van der Waals surface area (Å²) in [6, 6.07) is 24.2. The molecule has 2 heterocycles. The van der Waals surface area contributed by atoms with Crippen molar-refractivity contribution < 1.29 is 55.0 Å². The molecule has 0 fully saturated rings. The SMILES string of the molecule is FC(F)(F)C(c1ccc(Oc2ccccc2)cc1)(c1ccc(Oc2ccccc2)cc1)C(F)(F)F.O=C1C=CC(=O)N1.O=C1C=CC(=O)N1. The fraction of sp³-hybridized carbons (Fsp3) is 0.0857. The van der Waals surface area contributed by atoms with Crippen LogP contribution in [0.1, 0.15) is 11.1 Å². The monoisotopic (exact) mass is 682 g/mol. The maximum atomic E-state index is 14.4. The Morgan fingerprint density at radius 3 is 0.878 bits per heavy atom. The zero-order valence-electron chi connectivity index (χ0n) is 24.9. The van der Waals surface area contributed by atoms with E-state index in [2.05, 4.69) is 0 Å². The second-order valence-electron chi connectivity index (χ2n) is 10.00. The highest BCUT2D eigenvalue weighted by atomic mass is 19.4. The Hall–Kier alpha value is -6.18. The lowest BCUT2D eigenvalue weighted by atomic mass is 9.73. The van der Waals surface area contributed by atoms with E-state index in [0.717, 1.165) is 48.5 Å². The van der Waals surface area contributed by atoms with Gasteiger partial charge in [-0.15, -0.1) is 0 Å². The quantitative estimate of drug-likeness (QED) is 0.166. The first-order chi connectivity index (χ1) is 23.2. The molecule has 2 aliphatic heterocycles. The van der Waals surface area contributed by atoms with Crippen molar-refractivity contribution in [2.24, 2.45) is 0 Å². The number of para-hydroxylation sites is 2. The summed E-state index contributed by atoms with van der Waals surface area (Å²) >= 11 is 0. The fourth-order valence-electron chi connectivity index (χ4n) is 4.49. The van der Waals surface area contributed by atoms with Crippen molar-refractivity contribution >= 4 is 23.6 Å². The van der Waals surface area contributed by atoms with Crippen molar-refractivity contribution in [2.75, 3.05) is 0 Å². The van der Waals surface area contributed by atoms with E-state index in [0.29, 0.717) is 11.5 Å². The van der Waals surface area contributed by atoms with Gasteiger partial charge in [-0.3, -0.25) is 29.8 Å². The zero-order chi connectivity index (χ0) is 35.7. The maximum Gasteiger partial charge on any atom is 0.411 e. The van der Waals surface area contributed by atoms with E-state index in [1.165, 1.54) is 24.3 Å². The van der Waals surface area contributed by atoms with Crippen molar-refractivity contribution in [1.29, 1.82) is 0 Å². The largest absolute Gasteiger partial charge is 0.457 e. The van der Waals surface area contributed by atoms with Crippen molar-refractivity contribution in [3.63, 3.8) is 0 Å². The summed E-state index contributed by atoms with van der Waals surface area (Å²) in [6.45, 7) is 0. The van der Waals surface area contributed by atoms with Crippen LogP contribution in [0.15, 0.2) is 133 Å². The van der Waals surface area contributed by atoms with Crippen LogP contribution < -0.4 is 20.1 Å². The molecule has 0 atom stereocenters. The van der Waals surface area contributed by atoms with Gasteiger partial charge >= 0.3 is 12.4 Å².